The molecule has 21 heavy (non-hydrogen) atoms. The van der Waals surface area contributed by atoms with Crippen LogP contribution >= 0.6 is 7.60 Å². The van der Waals surface area contributed by atoms with Crippen LogP contribution in [-0.2, 0) is 17.4 Å². The van der Waals surface area contributed by atoms with Crippen molar-refractivity contribution in [1.29, 1.82) is 0 Å². The number of aryl methyl sites for hydroxylation is 2. The van der Waals surface area contributed by atoms with Crippen LogP contribution in [0.5, 0.6) is 5.75 Å². The summed E-state index contributed by atoms with van der Waals surface area (Å²) in [6.45, 7) is 6.11. The Morgan fingerprint density at radius 1 is 1.10 bits per heavy atom. The Kier molecular flexibility index (Phi) is 7.44. The molecule has 0 radical (unpaired) electrons. The molecule has 0 aliphatic heterocycles. The molecule has 0 aliphatic carbocycles. The molecule has 0 bridgehead atoms. The highest BCUT2D eigenvalue weighted by atomic mass is 31.2. The van der Waals surface area contributed by atoms with Gasteiger partial charge in [-0.05, 0) is 36.5 Å². The Balaban J connectivity index is 3.01. The molecule has 0 fully saturated rings. The first-order valence-electron chi connectivity index (χ1n) is 7.76. The molecule has 5 heteroatoms. The van der Waals surface area contributed by atoms with Gasteiger partial charge in [0.25, 0.3) is 0 Å². The quantitative estimate of drug-likeness (QED) is 0.668. The van der Waals surface area contributed by atoms with Gasteiger partial charge in [0.15, 0.2) is 5.85 Å². The molecule has 1 atom stereocenters. The van der Waals surface area contributed by atoms with Crippen LogP contribution in [0.1, 0.15) is 57.6 Å². The molecule has 4 nitrogen and oxygen atoms in total. The zero-order chi connectivity index (χ0) is 15.9. The maximum Gasteiger partial charge on any atom is 0.365 e. The summed E-state index contributed by atoms with van der Waals surface area (Å²) >= 11 is 0. The van der Waals surface area contributed by atoms with Crippen LogP contribution in [0, 0.1) is 0 Å². The average molecular weight is 314 g/mol. The van der Waals surface area contributed by atoms with Gasteiger partial charge in [-0.2, -0.15) is 0 Å². The van der Waals surface area contributed by atoms with Crippen molar-refractivity contribution < 1.29 is 19.1 Å². The maximum atomic E-state index is 11.5. The van der Waals surface area contributed by atoms with E-state index >= 15 is 0 Å². The van der Waals surface area contributed by atoms with Gasteiger partial charge in [0, 0.05) is 0 Å². The van der Waals surface area contributed by atoms with E-state index in [1.54, 1.807) is 0 Å². The first-order valence-corrected chi connectivity index (χ1v) is 9.44. The standard InChI is InChI=1S/C16H27O4P/c1-4-7-13-10-11-15(14(12-13)8-5-2)20-16(9-6-3)21(17,18)19/h10-12,16H,4-9H2,1-3H3,(H2,17,18,19). The third-order valence-corrected chi connectivity index (χ3v) is 4.47. The predicted molar refractivity (Wildman–Crippen MR) is 85.8 cm³/mol. The average Bonchev–Trinajstić information content (AvgIpc) is 2.40. The molecule has 0 heterocycles. The van der Waals surface area contributed by atoms with E-state index in [1.807, 2.05) is 19.1 Å². The largest absolute Gasteiger partial charge is 0.478 e. The molecule has 0 aliphatic rings. The third-order valence-electron chi connectivity index (χ3n) is 3.36. The second-order valence-electron chi connectivity index (χ2n) is 5.39. The lowest BCUT2D eigenvalue weighted by Crippen LogP contribution is -2.17. The van der Waals surface area contributed by atoms with Gasteiger partial charge in [0.1, 0.15) is 5.75 Å². The number of benzene rings is 1. The lowest BCUT2D eigenvalue weighted by atomic mass is 10.0. The summed E-state index contributed by atoms with van der Waals surface area (Å²) in [5, 5.41) is 0. The van der Waals surface area contributed by atoms with Gasteiger partial charge in [-0.3, -0.25) is 4.57 Å². The van der Waals surface area contributed by atoms with Crippen LogP contribution in [0.2, 0.25) is 0 Å². The molecular formula is C16H27O4P. The van der Waals surface area contributed by atoms with Gasteiger partial charge in [0.05, 0.1) is 0 Å². The fraction of sp³-hybridized carbons (Fsp3) is 0.625. The highest BCUT2D eigenvalue weighted by Gasteiger charge is 2.30. The van der Waals surface area contributed by atoms with Crippen LogP contribution in [0.4, 0.5) is 0 Å². The number of hydrogen-bond acceptors (Lipinski definition) is 2. The monoisotopic (exact) mass is 314 g/mol. The zero-order valence-electron chi connectivity index (χ0n) is 13.2. The summed E-state index contributed by atoms with van der Waals surface area (Å²) in [6.07, 6.45) is 4.94. The minimum absolute atomic E-state index is 0.354. The fourth-order valence-corrected chi connectivity index (χ4v) is 3.19. The van der Waals surface area contributed by atoms with Crippen molar-refractivity contribution in [2.75, 3.05) is 0 Å². The van der Waals surface area contributed by atoms with Gasteiger partial charge in [-0.1, -0.05) is 52.2 Å². The second kappa shape index (κ2) is 8.57. The molecular weight excluding hydrogens is 287 g/mol. The van der Waals surface area contributed by atoms with Crippen LogP contribution in [0.15, 0.2) is 18.2 Å². The van der Waals surface area contributed by atoms with Crippen LogP contribution in [0.25, 0.3) is 0 Å². The highest BCUT2D eigenvalue weighted by molar-refractivity contribution is 7.52. The topological polar surface area (TPSA) is 66.8 Å². The minimum Gasteiger partial charge on any atom is -0.478 e. The van der Waals surface area contributed by atoms with E-state index in [9.17, 15) is 14.4 Å². The van der Waals surface area contributed by atoms with Crippen molar-refractivity contribution in [2.45, 2.75) is 65.1 Å². The molecule has 1 rings (SSSR count). The van der Waals surface area contributed by atoms with E-state index < -0.39 is 13.4 Å². The van der Waals surface area contributed by atoms with Crippen molar-refractivity contribution in [3.63, 3.8) is 0 Å². The normalized spacial score (nSPS) is 13.2. The van der Waals surface area contributed by atoms with Crippen molar-refractivity contribution in [3.05, 3.63) is 29.3 Å². The predicted octanol–water partition coefficient (Wildman–Crippen LogP) is 4.27. The summed E-state index contributed by atoms with van der Waals surface area (Å²) < 4.78 is 17.2. The molecule has 0 saturated heterocycles. The molecule has 1 aromatic rings. The molecule has 1 unspecified atom stereocenters. The Morgan fingerprint density at radius 3 is 2.29 bits per heavy atom. The van der Waals surface area contributed by atoms with Gasteiger partial charge >= 0.3 is 7.60 Å². The highest BCUT2D eigenvalue weighted by Crippen LogP contribution is 2.44. The number of hydrogen-bond donors (Lipinski definition) is 2. The van der Waals surface area contributed by atoms with Crippen molar-refractivity contribution in [3.8, 4) is 5.75 Å². The van der Waals surface area contributed by atoms with Crippen LogP contribution < -0.4 is 4.74 Å². The lowest BCUT2D eigenvalue weighted by molar-refractivity contribution is 0.212. The van der Waals surface area contributed by atoms with E-state index in [1.165, 1.54) is 5.56 Å². The van der Waals surface area contributed by atoms with E-state index in [-0.39, 0.29) is 0 Å². The molecule has 0 amide bonds. The van der Waals surface area contributed by atoms with Gasteiger partial charge in [-0.15, -0.1) is 0 Å². The van der Waals surface area contributed by atoms with Crippen molar-refractivity contribution in [1.82, 2.24) is 0 Å². The molecule has 120 valence electrons. The lowest BCUT2D eigenvalue weighted by Gasteiger charge is -2.22. The van der Waals surface area contributed by atoms with E-state index in [4.69, 9.17) is 4.74 Å². The van der Waals surface area contributed by atoms with E-state index in [0.717, 1.165) is 31.2 Å². The van der Waals surface area contributed by atoms with Crippen molar-refractivity contribution in [2.24, 2.45) is 0 Å². The summed E-state index contributed by atoms with van der Waals surface area (Å²) in [4.78, 5) is 18.8. The number of ether oxygens (including phenoxy) is 1. The Labute approximate surface area is 127 Å². The van der Waals surface area contributed by atoms with Crippen molar-refractivity contribution >= 4 is 7.60 Å². The first-order chi connectivity index (χ1) is 9.92. The van der Waals surface area contributed by atoms with Crippen LogP contribution in [-0.4, -0.2) is 15.6 Å². The van der Waals surface area contributed by atoms with Gasteiger partial charge < -0.3 is 14.5 Å². The van der Waals surface area contributed by atoms with Gasteiger partial charge in [0.2, 0.25) is 0 Å². The smallest absolute Gasteiger partial charge is 0.365 e. The minimum atomic E-state index is -4.24. The Bertz CT molecular complexity index is 481. The summed E-state index contributed by atoms with van der Waals surface area (Å²) in [5.74, 6) is -0.436. The molecule has 1 aromatic carbocycles. The molecule has 0 saturated carbocycles. The second-order valence-corrected chi connectivity index (χ2v) is 7.15. The first kappa shape index (κ1) is 18.2. The fourth-order valence-electron chi connectivity index (χ4n) is 2.35. The maximum absolute atomic E-state index is 11.5. The Morgan fingerprint density at radius 2 is 1.76 bits per heavy atom. The molecule has 0 spiro atoms. The summed E-state index contributed by atoms with van der Waals surface area (Å²) in [6, 6.07) is 5.94. The summed E-state index contributed by atoms with van der Waals surface area (Å²) in [5.41, 5.74) is 2.29. The molecule has 0 aromatic heterocycles. The van der Waals surface area contributed by atoms with Crippen LogP contribution in [0.3, 0.4) is 0 Å². The van der Waals surface area contributed by atoms with E-state index in [0.29, 0.717) is 18.6 Å². The van der Waals surface area contributed by atoms with Gasteiger partial charge in [-0.25, -0.2) is 0 Å². The SMILES string of the molecule is CCCc1ccc(OC(CCC)P(=O)(O)O)c(CCC)c1. The Hall–Kier alpha value is -0.830. The summed E-state index contributed by atoms with van der Waals surface area (Å²) in [7, 11) is -4.24. The molecule has 2 N–H and O–H groups in total. The third kappa shape index (κ3) is 5.82. The van der Waals surface area contributed by atoms with E-state index in [2.05, 4.69) is 19.9 Å². The number of rotatable bonds is 9. The zero-order valence-corrected chi connectivity index (χ0v) is 14.1.